The van der Waals surface area contributed by atoms with Gasteiger partial charge in [-0.05, 0) is 36.5 Å². The number of benzene rings is 1. The van der Waals surface area contributed by atoms with Gasteiger partial charge in [0.05, 0.1) is 28.2 Å². The fourth-order valence-corrected chi connectivity index (χ4v) is 4.80. The van der Waals surface area contributed by atoms with Gasteiger partial charge in [-0.25, -0.2) is 9.78 Å². The Hall–Kier alpha value is -1.83. The number of carbonyl (C=O) groups excluding carboxylic acids is 2. The first kappa shape index (κ1) is 18.5. The van der Waals surface area contributed by atoms with Crippen LogP contribution >= 0.6 is 34.5 Å². The van der Waals surface area contributed by atoms with Crippen LogP contribution in [0.3, 0.4) is 0 Å². The number of rotatable bonds is 4. The molecular weight excluding hydrogens is 407 g/mol. The molecule has 1 fully saturated rings. The summed E-state index contributed by atoms with van der Waals surface area (Å²) in [7, 11) is 0. The van der Waals surface area contributed by atoms with E-state index in [9.17, 15) is 9.59 Å². The molecule has 1 atom stereocenters. The van der Waals surface area contributed by atoms with Gasteiger partial charge in [-0.2, -0.15) is 0 Å². The fourth-order valence-electron chi connectivity index (χ4n) is 3.51. The van der Waals surface area contributed by atoms with E-state index in [1.165, 1.54) is 11.3 Å². The predicted molar refractivity (Wildman–Crippen MR) is 107 cm³/mol. The van der Waals surface area contributed by atoms with Crippen molar-refractivity contribution in [2.75, 3.05) is 18.0 Å². The first-order valence-electron chi connectivity index (χ1n) is 8.79. The van der Waals surface area contributed by atoms with Crippen LogP contribution in [0.15, 0.2) is 17.5 Å². The second kappa shape index (κ2) is 7.66. The van der Waals surface area contributed by atoms with Crippen molar-refractivity contribution in [1.82, 2.24) is 15.6 Å². The Morgan fingerprint density at radius 1 is 1.41 bits per heavy atom. The van der Waals surface area contributed by atoms with E-state index in [2.05, 4.69) is 15.6 Å². The molecule has 0 saturated carbocycles. The van der Waals surface area contributed by atoms with Gasteiger partial charge in [0.2, 0.25) is 5.91 Å². The summed E-state index contributed by atoms with van der Waals surface area (Å²) in [5.41, 5.74) is 2.71. The van der Waals surface area contributed by atoms with Gasteiger partial charge in [0.25, 0.3) is 0 Å². The molecule has 3 amide bonds. The summed E-state index contributed by atoms with van der Waals surface area (Å²) in [5.74, 6) is -0.0983. The number of nitrogens with zero attached hydrogens (tertiary/aromatic N) is 2. The number of thiazole rings is 1. The van der Waals surface area contributed by atoms with Crippen LogP contribution in [0.5, 0.6) is 0 Å². The van der Waals surface area contributed by atoms with Crippen LogP contribution in [-0.4, -0.2) is 30.0 Å². The maximum absolute atomic E-state index is 12.5. The summed E-state index contributed by atoms with van der Waals surface area (Å²) in [4.78, 5) is 30.5. The van der Waals surface area contributed by atoms with Crippen molar-refractivity contribution in [3.8, 4) is 0 Å². The molecule has 2 aliphatic rings. The first-order chi connectivity index (χ1) is 13.0. The molecule has 27 heavy (non-hydrogen) atoms. The molecule has 6 nitrogen and oxygen atoms in total. The van der Waals surface area contributed by atoms with E-state index in [0.29, 0.717) is 34.0 Å². The van der Waals surface area contributed by atoms with Gasteiger partial charge in [0.15, 0.2) is 5.13 Å². The van der Waals surface area contributed by atoms with Gasteiger partial charge in [-0.3, -0.25) is 9.69 Å². The zero-order chi connectivity index (χ0) is 19.0. The number of aromatic nitrogens is 1. The first-order valence-corrected chi connectivity index (χ1v) is 10.4. The van der Waals surface area contributed by atoms with E-state index < -0.39 is 0 Å². The zero-order valence-electron chi connectivity index (χ0n) is 14.4. The molecule has 2 N–H and O–H groups in total. The molecule has 1 aromatic heterocycles. The second-order valence-corrected chi connectivity index (χ2v) is 8.24. The second-order valence-electron chi connectivity index (χ2n) is 6.62. The van der Waals surface area contributed by atoms with Gasteiger partial charge >= 0.3 is 6.03 Å². The van der Waals surface area contributed by atoms with Gasteiger partial charge in [-0.15, -0.1) is 11.3 Å². The standard InChI is InChI=1S/C18H18Cl2N4O2S/c19-13-4-2-11-12(16(13)20)3-5-14(11)23-15(25)8-10-9-27-18(22-10)24-7-1-6-21-17(24)26/h2,4,9,14H,1,3,5-8H2,(H,21,26)(H,23,25). The topological polar surface area (TPSA) is 74.3 Å². The quantitative estimate of drug-likeness (QED) is 0.784. The largest absolute Gasteiger partial charge is 0.349 e. The average Bonchev–Trinajstić information content (AvgIpc) is 3.26. The van der Waals surface area contributed by atoms with E-state index in [1.54, 1.807) is 11.0 Å². The SMILES string of the molecule is O=C(Cc1csc(N2CCCNC2=O)n1)NC1CCc2c1ccc(Cl)c2Cl. The van der Waals surface area contributed by atoms with Crippen molar-refractivity contribution in [1.29, 1.82) is 0 Å². The van der Waals surface area contributed by atoms with Crippen molar-refractivity contribution in [2.45, 2.75) is 31.7 Å². The monoisotopic (exact) mass is 424 g/mol. The highest BCUT2D eigenvalue weighted by Gasteiger charge is 2.27. The van der Waals surface area contributed by atoms with Gasteiger partial charge in [0.1, 0.15) is 0 Å². The lowest BCUT2D eigenvalue weighted by molar-refractivity contribution is -0.121. The Morgan fingerprint density at radius 2 is 2.26 bits per heavy atom. The third kappa shape index (κ3) is 3.77. The van der Waals surface area contributed by atoms with Gasteiger partial charge in [-0.1, -0.05) is 29.3 Å². The molecule has 9 heteroatoms. The van der Waals surface area contributed by atoms with Crippen molar-refractivity contribution in [3.63, 3.8) is 0 Å². The Labute approximate surface area is 170 Å². The number of nitrogens with one attached hydrogen (secondary N) is 2. The third-order valence-electron chi connectivity index (χ3n) is 4.82. The molecule has 0 spiro atoms. The average molecular weight is 425 g/mol. The molecule has 142 valence electrons. The Kier molecular flexibility index (Phi) is 5.25. The lowest BCUT2D eigenvalue weighted by Crippen LogP contribution is -2.46. The highest BCUT2D eigenvalue weighted by atomic mass is 35.5. The number of carbonyl (C=O) groups is 2. The van der Waals surface area contributed by atoms with Gasteiger partial charge < -0.3 is 10.6 Å². The molecule has 1 unspecified atom stereocenters. The number of halogens is 2. The highest BCUT2D eigenvalue weighted by molar-refractivity contribution is 7.14. The van der Waals surface area contributed by atoms with E-state index in [4.69, 9.17) is 23.2 Å². The smallest absolute Gasteiger partial charge is 0.323 e. The summed E-state index contributed by atoms with van der Waals surface area (Å²) >= 11 is 13.7. The van der Waals surface area contributed by atoms with Crippen molar-refractivity contribution in [3.05, 3.63) is 44.4 Å². The lowest BCUT2D eigenvalue weighted by Gasteiger charge is -2.24. The fraction of sp³-hybridized carbons (Fsp3) is 0.389. The Balaban J connectivity index is 1.40. The van der Waals surface area contributed by atoms with Crippen LogP contribution in [0.4, 0.5) is 9.93 Å². The van der Waals surface area contributed by atoms with Crippen LogP contribution < -0.4 is 15.5 Å². The number of urea groups is 1. The number of hydrogen-bond donors (Lipinski definition) is 2. The minimum atomic E-state index is -0.135. The van der Waals surface area contributed by atoms with E-state index in [0.717, 1.165) is 30.4 Å². The van der Waals surface area contributed by atoms with Crippen molar-refractivity contribution in [2.24, 2.45) is 0 Å². The number of fused-ring (bicyclic) bond motifs is 1. The molecule has 0 bridgehead atoms. The summed E-state index contributed by atoms with van der Waals surface area (Å²) in [5, 5.41) is 9.44. The Morgan fingerprint density at radius 3 is 3.07 bits per heavy atom. The molecule has 1 saturated heterocycles. The molecule has 1 aliphatic carbocycles. The highest BCUT2D eigenvalue weighted by Crippen LogP contribution is 2.39. The van der Waals surface area contributed by atoms with Crippen molar-refractivity contribution >= 4 is 51.6 Å². The van der Waals surface area contributed by atoms with Crippen LogP contribution in [0.2, 0.25) is 10.0 Å². The molecule has 4 rings (SSSR count). The molecule has 2 heterocycles. The normalized spacial score (nSPS) is 19.0. The number of amides is 3. The van der Waals surface area contributed by atoms with Gasteiger partial charge in [0, 0.05) is 18.5 Å². The minimum absolute atomic E-state index is 0.0618. The van der Waals surface area contributed by atoms with Crippen LogP contribution in [0.1, 0.15) is 35.7 Å². The minimum Gasteiger partial charge on any atom is -0.349 e. The molecule has 0 radical (unpaired) electrons. The number of hydrogen-bond acceptors (Lipinski definition) is 4. The summed E-state index contributed by atoms with van der Waals surface area (Å²) in [6.45, 7) is 1.33. The molecule has 2 aromatic rings. The van der Waals surface area contributed by atoms with Crippen LogP contribution in [-0.2, 0) is 17.6 Å². The van der Waals surface area contributed by atoms with E-state index in [-0.39, 0.29) is 24.4 Å². The molecule has 1 aliphatic heterocycles. The van der Waals surface area contributed by atoms with E-state index in [1.807, 2.05) is 11.4 Å². The summed E-state index contributed by atoms with van der Waals surface area (Å²) < 4.78 is 0. The van der Waals surface area contributed by atoms with Crippen LogP contribution in [0, 0.1) is 0 Å². The number of anilines is 1. The van der Waals surface area contributed by atoms with Crippen LogP contribution in [0.25, 0.3) is 0 Å². The Bertz CT molecular complexity index is 901. The maximum Gasteiger partial charge on any atom is 0.323 e. The molecular formula is C18H18Cl2N4O2S. The summed E-state index contributed by atoms with van der Waals surface area (Å²) in [6.07, 6.45) is 2.66. The van der Waals surface area contributed by atoms with E-state index >= 15 is 0 Å². The summed E-state index contributed by atoms with van der Waals surface area (Å²) in [6, 6.07) is 3.50. The third-order valence-corrected chi connectivity index (χ3v) is 6.57. The maximum atomic E-state index is 12.5. The zero-order valence-corrected chi connectivity index (χ0v) is 16.8. The molecule has 1 aromatic carbocycles. The lowest BCUT2D eigenvalue weighted by atomic mass is 10.1. The van der Waals surface area contributed by atoms with Crippen molar-refractivity contribution < 1.29 is 9.59 Å². The predicted octanol–water partition coefficient (Wildman–Crippen LogP) is 3.72.